The molecule has 1 heterocycles. The normalized spacial score (nSPS) is 14.1. The van der Waals surface area contributed by atoms with Gasteiger partial charge in [0, 0.05) is 12.5 Å². The van der Waals surface area contributed by atoms with Crippen LogP contribution in [0.15, 0.2) is 16.5 Å². The van der Waals surface area contributed by atoms with Crippen LogP contribution in [0.3, 0.4) is 0 Å². The molecule has 0 saturated heterocycles. The molecule has 1 atom stereocenters. The van der Waals surface area contributed by atoms with Gasteiger partial charge >= 0.3 is 0 Å². The Hall–Kier alpha value is -1.35. The SMILES string of the molecule is Cc1cc(C)c2oc(CC(N)C(C)(C)C)nc2c1. The molecule has 18 heavy (non-hydrogen) atoms. The van der Waals surface area contributed by atoms with Crippen LogP contribution in [0.1, 0.15) is 37.8 Å². The van der Waals surface area contributed by atoms with Gasteiger partial charge in [0.15, 0.2) is 11.5 Å². The summed E-state index contributed by atoms with van der Waals surface area (Å²) < 4.78 is 5.83. The first kappa shape index (κ1) is 13.1. The lowest BCUT2D eigenvalue weighted by atomic mass is 9.85. The predicted octanol–water partition coefficient (Wildman–Crippen LogP) is 3.36. The maximum atomic E-state index is 6.17. The van der Waals surface area contributed by atoms with Crippen LogP contribution in [0.25, 0.3) is 11.1 Å². The summed E-state index contributed by atoms with van der Waals surface area (Å²) in [5.41, 5.74) is 10.4. The second-order valence-electron chi connectivity index (χ2n) is 6.21. The number of oxazole rings is 1. The molecule has 0 saturated carbocycles. The van der Waals surface area contributed by atoms with Crippen LogP contribution >= 0.6 is 0 Å². The number of hydrogen-bond donors (Lipinski definition) is 1. The van der Waals surface area contributed by atoms with Crippen LogP contribution in [-0.2, 0) is 6.42 Å². The van der Waals surface area contributed by atoms with Crippen molar-refractivity contribution in [2.24, 2.45) is 11.1 Å². The molecule has 2 rings (SSSR count). The van der Waals surface area contributed by atoms with Crippen molar-refractivity contribution in [3.8, 4) is 0 Å². The molecule has 98 valence electrons. The Bertz CT molecular complexity index is 564. The third-order valence-electron chi connectivity index (χ3n) is 3.37. The maximum Gasteiger partial charge on any atom is 0.197 e. The molecule has 0 aliphatic heterocycles. The van der Waals surface area contributed by atoms with E-state index in [4.69, 9.17) is 10.2 Å². The lowest BCUT2D eigenvalue weighted by Crippen LogP contribution is -2.36. The number of benzene rings is 1. The smallest absolute Gasteiger partial charge is 0.197 e. The van der Waals surface area contributed by atoms with Gasteiger partial charge in [-0.05, 0) is 36.5 Å². The Morgan fingerprint density at radius 1 is 1.28 bits per heavy atom. The van der Waals surface area contributed by atoms with Crippen molar-refractivity contribution >= 4 is 11.1 Å². The fraction of sp³-hybridized carbons (Fsp3) is 0.533. The Kier molecular flexibility index (Phi) is 3.20. The number of nitrogens with zero attached hydrogens (tertiary/aromatic N) is 1. The van der Waals surface area contributed by atoms with Crippen LogP contribution in [-0.4, -0.2) is 11.0 Å². The monoisotopic (exact) mass is 246 g/mol. The summed E-state index contributed by atoms with van der Waals surface area (Å²) in [5.74, 6) is 0.737. The average Bonchev–Trinajstić information content (AvgIpc) is 2.58. The lowest BCUT2D eigenvalue weighted by molar-refractivity contribution is 0.302. The zero-order valence-corrected chi connectivity index (χ0v) is 11.9. The summed E-state index contributed by atoms with van der Waals surface area (Å²) in [4.78, 5) is 4.54. The van der Waals surface area contributed by atoms with Gasteiger partial charge in [-0.25, -0.2) is 4.98 Å². The van der Waals surface area contributed by atoms with Gasteiger partial charge < -0.3 is 10.2 Å². The van der Waals surface area contributed by atoms with E-state index in [1.54, 1.807) is 0 Å². The van der Waals surface area contributed by atoms with E-state index in [9.17, 15) is 0 Å². The third-order valence-corrected chi connectivity index (χ3v) is 3.37. The van der Waals surface area contributed by atoms with Crippen LogP contribution in [0.2, 0.25) is 0 Å². The minimum absolute atomic E-state index is 0.0481. The first-order chi connectivity index (χ1) is 8.27. The van der Waals surface area contributed by atoms with Crippen LogP contribution in [0, 0.1) is 19.3 Å². The molecule has 0 radical (unpaired) electrons. The molecule has 0 amide bonds. The minimum atomic E-state index is 0.0481. The second-order valence-corrected chi connectivity index (χ2v) is 6.21. The van der Waals surface area contributed by atoms with Crippen LogP contribution in [0.5, 0.6) is 0 Å². The molecule has 0 fully saturated rings. The number of aromatic nitrogens is 1. The highest BCUT2D eigenvalue weighted by Crippen LogP contribution is 2.25. The summed E-state index contributed by atoms with van der Waals surface area (Å²) in [7, 11) is 0. The van der Waals surface area contributed by atoms with Crippen molar-refractivity contribution in [3.63, 3.8) is 0 Å². The van der Waals surface area contributed by atoms with Gasteiger partial charge in [0.1, 0.15) is 5.52 Å². The first-order valence-corrected chi connectivity index (χ1v) is 6.39. The highest BCUT2D eigenvalue weighted by atomic mass is 16.3. The molecule has 0 aliphatic rings. The van der Waals surface area contributed by atoms with Gasteiger partial charge in [-0.3, -0.25) is 0 Å². The van der Waals surface area contributed by atoms with E-state index >= 15 is 0 Å². The quantitative estimate of drug-likeness (QED) is 0.884. The van der Waals surface area contributed by atoms with E-state index in [2.05, 4.69) is 44.8 Å². The van der Waals surface area contributed by atoms with Gasteiger partial charge in [-0.2, -0.15) is 0 Å². The van der Waals surface area contributed by atoms with Gasteiger partial charge in [0.05, 0.1) is 0 Å². The number of hydrogen-bond acceptors (Lipinski definition) is 3. The van der Waals surface area contributed by atoms with Gasteiger partial charge in [-0.15, -0.1) is 0 Å². The number of rotatable bonds is 2. The molecule has 2 N–H and O–H groups in total. The Balaban J connectivity index is 2.34. The van der Waals surface area contributed by atoms with E-state index in [1.807, 2.05) is 6.92 Å². The summed E-state index contributed by atoms with van der Waals surface area (Å²) in [6.45, 7) is 10.5. The fourth-order valence-electron chi connectivity index (χ4n) is 2.00. The van der Waals surface area contributed by atoms with Crippen molar-refractivity contribution in [2.45, 2.75) is 47.1 Å². The molecule has 3 heteroatoms. The van der Waals surface area contributed by atoms with Crippen molar-refractivity contribution in [2.75, 3.05) is 0 Å². The predicted molar refractivity (Wildman–Crippen MR) is 74.6 cm³/mol. The molecule has 0 spiro atoms. The largest absolute Gasteiger partial charge is 0.440 e. The zero-order valence-electron chi connectivity index (χ0n) is 11.9. The lowest BCUT2D eigenvalue weighted by Gasteiger charge is -2.25. The van der Waals surface area contributed by atoms with Gasteiger partial charge in [-0.1, -0.05) is 26.8 Å². The number of nitrogens with two attached hydrogens (primary N) is 1. The van der Waals surface area contributed by atoms with E-state index in [0.717, 1.165) is 22.6 Å². The first-order valence-electron chi connectivity index (χ1n) is 6.39. The summed E-state index contributed by atoms with van der Waals surface area (Å²) in [5, 5.41) is 0. The van der Waals surface area contributed by atoms with Gasteiger partial charge in [0.25, 0.3) is 0 Å². The summed E-state index contributed by atoms with van der Waals surface area (Å²) in [6.07, 6.45) is 0.677. The highest BCUT2D eigenvalue weighted by Gasteiger charge is 2.23. The van der Waals surface area contributed by atoms with Crippen molar-refractivity contribution < 1.29 is 4.42 Å². The molecule has 0 aliphatic carbocycles. The zero-order chi connectivity index (χ0) is 13.5. The molecule has 1 unspecified atom stereocenters. The minimum Gasteiger partial charge on any atom is -0.440 e. The van der Waals surface area contributed by atoms with E-state index in [1.165, 1.54) is 5.56 Å². The van der Waals surface area contributed by atoms with E-state index < -0.39 is 0 Å². The Morgan fingerprint density at radius 2 is 1.94 bits per heavy atom. The molecule has 0 bridgehead atoms. The van der Waals surface area contributed by atoms with Gasteiger partial charge in [0.2, 0.25) is 0 Å². The average molecular weight is 246 g/mol. The second kappa shape index (κ2) is 4.39. The topological polar surface area (TPSA) is 52.0 Å². The van der Waals surface area contributed by atoms with Crippen molar-refractivity contribution in [1.29, 1.82) is 0 Å². The third kappa shape index (κ3) is 2.56. The van der Waals surface area contributed by atoms with Crippen LogP contribution in [0.4, 0.5) is 0 Å². The van der Waals surface area contributed by atoms with E-state index in [0.29, 0.717) is 6.42 Å². The molecule has 1 aromatic carbocycles. The standard InChI is InChI=1S/C15H22N2O/c1-9-6-10(2)14-11(7-9)17-13(18-14)8-12(16)15(3,4)5/h6-7,12H,8,16H2,1-5H3. The fourth-order valence-corrected chi connectivity index (χ4v) is 2.00. The molecular weight excluding hydrogens is 224 g/mol. The Morgan fingerprint density at radius 3 is 2.56 bits per heavy atom. The molecular formula is C15H22N2O. The maximum absolute atomic E-state index is 6.17. The Labute approximate surface area is 108 Å². The summed E-state index contributed by atoms with van der Waals surface area (Å²) in [6, 6.07) is 4.21. The molecule has 3 nitrogen and oxygen atoms in total. The number of aryl methyl sites for hydroxylation is 2. The summed E-state index contributed by atoms with van der Waals surface area (Å²) >= 11 is 0. The van der Waals surface area contributed by atoms with Crippen LogP contribution < -0.4 is 5.73 Å². The highest BCUT2D eigenvalue weighted by molar-refractivity contribution is 5.77. The molecule has 1 aromatic heterocycles. The molecule has 2 aromatic rings. The van der Waals surface area contributed by atoms with Crippen molar-refractivity contribution in [3.05, 3.63) is 29.2 Å². The number of fused-ring (bicyclic) bond motifs is 1. The van der Waals surface area contributed by atoms with Crippen molar-refractivity contribution in [1.82, 2.24) is 4.98 Å². The van der Waals surface area contributed by atoms with E-state index in [-0.39, 0.29) is 11.5 Å².